The molecule has 2 rings (SSSR count). The fourth-order valence-electron chi connectivity index (χ4n) is 2.44. The number of rotatable bonds is 6. The minimum Gasteiger partial charge on any atom is -0.308 e. The maximum Gasteiger partial charge on any atom is 0.174 e. The first kappa shape index (κ1) is 15.6. The number of hydrogen-bond donors (Lipinski definition) is 0. The van der Waals surface area contributed by atoms with Crippen LogP contribution in [-0.2, 0) is 4.57 Å². The molecule has 2 aromatic carbocycles. The van der Waals surface area contributed by atoms with E-state index in [4.69, 9.17) is 0 Å². The van der Waals surface area contributed by atoms with Gasteiger partial charge >= 0.3 is 0 Å². The molecule has 0 unspecified atom stereocenters. The third kappa shape index (κ3) is 3.27. The van der Waals surface area contributed by atoms with Crippen LogP contribution < -0.4 is 10.6 Å². The number of allylic oxidation sites excluding steroid dienone is 1. The minimum atomic E-state index is -2.82. The van der Waals surface area contributed by atoms with Crippen LogP contribution in [0.2, 0.25) is 0 Å². The van der Waals surface area contributed by atoms with Crippen molar-refractivity contribution in [1.82, 2.24) is 0 Å². The largest absolute Gasteiger partial charge is 0.308 e. The smallest absolute Gasteiger partial charge is 0.174 e. The maximum atomic E-state index is 13.9. The van der Waals surface area contributed by atoms with Gasteiger partial charge < -0.3 is 4.57 Å². The predicted octanol–water partition coefficient (Wildman–Crippen LogP) is 4.86. The molecule has 0 aliphatic heterocycles. The molecule has 0 aliphatic carbocycles. The Labute approximate surface area is 127 Å². The molecular formula is C19H21OP. The Kier molecular flexibility index (Phi) is 5.39. The summed E-state index contributed by atoms with van der Waals surface area (Å²) >= 11 is 0. The SMILES string of the molecule is C=C=C(CCCC)P(=O)(c1ccccc1)c1ccccc1. The van der Waals surface area contributed by atoms with Crippen molar-refractivity contribution in [2.75, 3.05) is 0 Å². The highest BCUT2D eigenvalue weighted by atomic mass is 31.2. The fraction of sp³-hybridized carbons (Fsp3) is 0.211. The van der Waals surface area contributed by atoms with E-state index < -0.39 is 7.14 Å². The summed E-state index contributed by atoms with van der Waals surface area (Å²) in [6.45, 7) is 5.93. The average Bonchev–Trinajstić information content (AvgIpc) is 2.57. The summed E-state index contributed by atoms with van der Waals surface area (Å²) in [5.74, 6) is 0. The second kappa shape index (κ2) is 7.27. The Morgan fingerprint density at radius 1 is 1.00 bits per heavy atom. The zero-order chi connectivity index (χ0) is 15.1. The van der Waals surface area contributed by atoms with Gasteiger partial charge in [-0.15, -0.1) is 5.73 Å². The Bertz CT molecular complexity index is 624. The highest BCUT2D eigenvalue weighted by Crippen LogP contribution is 2.53. The number of unbranched alkanes of at least 4 members (excludes halogenated alkanes) is 1. The number of hydrogen-bond acceptors (Lipinski definition) is 1. The summed E-state index contributed by atoms with van der Waals surface area (Å²) in [5.41, 5.74) is 2.98. The van der Waals surface area contributed by atoms with Crippen molar-refractivity contribution < 1.29 is 4.57 Å². The molecule has 0 aliphatic rings. The van der Waals surface area contributed by atoms with Crippen LogP contribution in [-0.4, -0.2) is 0 Å². The van der Waals surface area contributed by atoms with Crippen molar-refractivity contribution in [2.24, 2.45) is 0 Å². The van der Waals surface area contributed by atoms with Gasteiger partial charge in [-0.05, 0) is 12.8 Å². The van der Waals surface area contributed by atoms with Crippen LogP contribution in [0.1, 0.15) is 26.2 Å². The molecule has 0 N–H and O–H groups in total. The molecule has 0 saturated carbocycles. The molecule has 0 atom stereocenters. The van der Waals surface area contributed by atoms with Gasteiger partial charge in [0.1, 0.15) is 0 Å². The zero-order valence-corrected chi connectivity index (χ0v) is 13.4. The van der Waals surface area contributed by atoms with E-state index in [1.165, 1.54) is 0 Å². The standard InChI is InChI=1S/C19H21OP/c1-3-5-12-17(4-2)21(20,18-13-8-6-9-14-18)19-15-10-7-11-16-19/h6-11,13-16H,2-3,5,12H2,1H3. The van der Waals surface area contributed by atoms with Crippen molar-refractivity contribution in [3.8, 4) is 0 Å². The summed E-state index contributed by atoms with van der Waals surface area (Å²) in [5, 5.41) is 2.55. The van der Waals surface area contributed by atoms with Crippen molar-refractivity contribution in [3.05, 3.63) is 78.3 Å². The summed E-state index contributed by atoms with van der Waals surface area (Å²) < 4.78 is 13.9. The summed E-state index contributed by atoms with van der Waals surface area (Å²) in [6, 6.07) is 19.4. The Morgan fingerprint density at radius 3 is 1.86 bits per heavy atom. The molecule has 2 aromatic rings. The molecule has 0 aromatic heterocycles. The van der Waals surface area contributed by atoms with Crippen LogP contribution in [0.4, 0.5) is 0 Å². The molecule has 21 heavy (non-hydrogen) atoms. The molecule has 2 heteroatoms. The second-order valence-corrected chi connectivity index (χ2v) is 7.80. The van der Waals surface area contributed by atoms with Gasteiger partial charge in [-0.2, -0.15) is 0 Å². The van der Waals surface area contributed by atoms with E-state index in [1.54, 1.807) is 0 Å². The van der Waals surface area contributed by atoms with Crippen molar-refractivity contribution in [3.63, 3.8) is 0 Å². The Balaban J connectivity index is 2.60. The van der Waals surface area contributed by atoms with Crippen LogP contribution in [0.15, 0.2) is 78.3 Å². The van der Waals surface area contributed by atoms with Gasteiger partial charge in [-0.1, -0.05) is 80.6 Å². The lowest BCUT2D eigenvalue weighted by Crippen LogP contribution is -2.17. The van der Waals surface area contributed by atoms with E-state index in [1.807, 2.05) is 60.7 Å². The average molecular weight is 296 g/mol. The molecule has 0 saturated heterocycles. The summed E-state index contributed by atoms with van der Waals surface area (Å²) in [7, 11) is -2.82. The third-order valence-electron chi connectivity index (χ3n) is 3.59. The van der Waals surface area contributed by atoms with Gasteiger partial charge in [0, 0.05) is 15.9 Å². The summed E-state index contributed by atoms with van der Waals surface area (Å²) in [6.07, 6.45) is 2.84. The van der Waals surface area contributed by atoms with Gasteiger partial charge in [-0.3, -0.25) is 0 Å². The van der Waals surface area contributed by atoms with Gasteiger partial charge in [0.15, 0.2) is 7.14 Å². The van der Waals surface area contributed by atoms with Gasteiger partial charge in [0.25, 0.3) is 0 Å². The van der Waals surface area contributed by atoms with Crippen LogP contribution in [0.5, 0.6) is 0 Å². The van der Waals surface area contributed by atoms with E-state index >= 15 is 0 Å². The van der Waals surface area contributed by atoms with Gasteiger partial charge in [0.05, 0.1) is 0 Å². The zero-order valence-electron chi connectivity index (χ0n) is 12.5. The third-order valence-corrected chi connectivity index (χ3v) is 6.78. The molecule has 0 bridgehead atoms. The van der Waals surface area contributed by atoms with Gasteiger partial charge in [-0.25, -0.2) is 0 Å². The van der Waals surface area contributed by atoms with E-state index in [9.17, 15) is 4.57 Å². The first-order valence-corrected chi connectivity index (χ1v) is 9.05. The molecule has 0 amide bonds. The monoisotopic (exact) mass is 296 g/mol. The van der Waals surface area contributed by atoms with Crippen LogP contribution in [0.25, 0.3) is 0 Å². The molecule has 0 heterocycles. The molecule has 108 valence electrons. The Hall–Kier alpha value is -1.81. The van der Waals surface area contributed by atoms with E-state index in [-0.39, 0.29) is 0 Å². The van der Waals surface area contributed by atoms with E-state index in [0.29, 0.717) is 0 Å². The lowest BCUT2D eigenvalue weighted by molar-refractivity contribution is 0.589. The molecule has 0 radical (unpaired) electrons. The van der Waals surface area contributed by atoms with Crippen molar-refractivity contribution in [2.45, 2.75) is 26.2 Å². The maximum absolute atomic E-state index is 13.9. The number of benzene rings is 2. The molecule has 1 nitrogen and oxygen atoms in total. The van der Waals surface area contributed by atoms with Crippen molar-refractivity contribution in [1.29, 1.82) is 0 Å². The Morgan fingerprint density at radius 2 is 1.48 bits per heavy atom. The van der Waals surface area contributed by atoms with Crippen LogP contribution in [0, 0.1) is 0 Å². The fourth-order valence-corrected chi connectivity index (χ4v) is 5.24. The minimum absolute atomic E-state index is 0.779. The van der Waals surface area contributed by atoms with E-state index in [2.05, 4.69) is 19.2 Å². The summed E-state index contributed by atoms with van der Waals surface area (Å²) in [4.78, 5) is 0. The lowest BCUT2D eigenvalue weighted by Gasteiger charge is -2.21. The van der Waals surface area contributed by atoms with E-state index in [0.717, 1.165) is 35.2 Å². The second-order valence-electron chi connectivity index (χ2n) is 5.01. The van der Waals surface area contributed by atoms with Crippen LogP contribution >= 0.6 is 7.14 Å². The molecular weight excluding hydrogens is 275 g/mol. The normalized spacial score (nSPS) is 10.9. The molecule has 0 spiro atoms. The topological polar surface area (TPSA) is 17.1 Å². The van der Waals surface area contributed by atoms with Crippen LogP contribution in [0.3, 0.4) is 0 Å². The van der Waals surface area contributed by atoms with Gasteiger partial charge in [0.2, 0.25) is 0 Å². The highest BCUT2D eigenvalue weighted by Gasteiger charge is 2.31. The lowest BCUT2D eigenvalue weighted by atomic mass is 10.2. The first-order chi connectivity index (χ1) is 10.2. The molecule has 0 fully saturated rings. The predicted molar refractivity (Wildman–Crippen MR) is 91.9 cm³/mol. The van der Waals surface area contributed by atoms with Crippen molar-refractivity contribution >= 4 is 17.8 Å². The first-order valence-electron chi connectivity index (χ1n) is 7.34. The quantitative estimate of drug-likeness (QED) is 0.549. The highest BCUT2D eigenvalue weighted by molar-refractivity contribution is 7.82.